The predicted molar refractivity (Wildman–Crippen MR) is 78.9 cm³/mol. The van der Waals surface area contributed by atoms with Crippen LogP contribution in [-0.4, -0.2) is 16.9 Å². The highest BCUT2D eigenvalue weighted by Gasteiger charge is 2.43. The fraction of sp³-hybridized carbons (Fsp3) is 0.538. The summed E-state index contributed by atoms with van der Waals surface area (Å²) in [5, 5.41) is 5.31. The van der Waals surface area contributed by atoms with E-state index in [1.54, 1.807) is 0 Å². The van der Waals surface area contributed by atoms with Crippen LogP contribution in [-0.2, 0) is 4.87 Å². The standard InChI is InChI=1S/C13H16ClNS2/c1-9-8-10(14)2-3-11(9)13(5-7-17-13)15-12-4-6-16-12/h2-3,8,12,15H,4-7H2,1H3. The smallest absolute Gasteiger partial charge is 0.0920 e. The molecule has 2 aliphatic rings. The van der Waals surface area contributed by atoms with E-state index in [-0.39, 0.29) is 4.87 Å². The first kappa shape index (κ1) is 12.2. The highest BCUT2D eigenvalue weighted by atomic mass is 35.5. The van der Waals surface area contributed by atoms with Crippen LogP contribution >= 0.6 is 35.1 Å². The van der Waals surface area contributed by atoms with Crippen LogP contribution < -0.4 is 5.32 Å². The quantitative estimate of drug-likeness (QED) is 0.902. The molecule has 2 atom stereocenters. The Labute approximate surface area is 116 Å². The molecule has 17 heavy (non-hydrogen) atoms. The molecule has 2 heterocycles. The van der Waals surface area contributed by atoms with Crippen molar-refractivity contribution in [2.24, 2.45) is 0 Å². The molecule has 2 saturated heterocycles. The lowest BCUT2D eigenvalue weighted by molar-refractivity contribution is 0.417. The summed E-state index contributed by atoms with van der Waals surface area (Å²) in [6.07, 6.45) is 2.54. The molecule has 0 spiro atoms. The van der Waals surface area contributed by atoms with E-state index >= 15 is 0 Å². The summed E-state index contributed by atoms with van der Waals surface area (Å²) >= 11 is 10.1. The normalized spacial score (nSPS) is 31.8. The van der Waals surface area contributed by atoms with Gasteiger partial charge in [-0.25, -0.2) is 0 Å². The molecule has 0 aromatic heterocycles. The molecule has 0 bridgehead atoms. The molecule has 0 radical (unpaired) electrons. The molecule has 3 rings (SSSR count). The van der Waals surface area contributed by atoms with Crippen LogP contribution in [0, 0.1) is 6.92 Å². The first-order chi connectivity index (χ1) is 8.20. The summed E-state index contributed by atoms with van der Waals surface area (Å²) in [7, 11) is 0. The second-order valence-corrected chi connectivity index (χ2v) is 7.82. The molecule has 0 aliphatic carbocycles. The molecule has 1 N–H and O–H groups in total. The zero-order valence-electron chi connectivity index (χ0n) is 9.83. The van der Waals surface area contributed by atoms with Crippen molar-refractivity contribution in [1.29, 1.82) is 0 Å². The minimum atomic E-state index is 0.159. The lowest BCUT2D eigenvalue weighted by atomic mass is 9.97. The highest BCUT2D eigenvalue weighted by Crippen LogP contribution is 2.50. The molecule has 92 valence electrons. The van der Waals surface area contributed by atoms with Gasteiger partial charge in [-0.2, -0.15) is 0 Å². The van der Waals surface area contributed by atoms with E-state index in [1.165, 1.54) is 35.5 Å². The summed E-state index contributed by atoms with van der Waals surface area (Å²) < 4.78 is 0. The zero-order chi connectivity index (χ0) is 11.9. The van der Waals surface area contributed by atoms with Crippen molar-refractivity contribution in [2.75, 3.05) is 11.5 Å². The minimum absolute atomic E-state index is 0.159. The second-order valence-electron chi connectivity index (χ2n) is 4.68. The van der Waals surface area contributed by atoms with Gasteiger partial charge < -0.3 is 0 Å². The van der Waals surface area contributed by atoms with Crippen molar-refractivity contribution in [3.8, 4) is 0 Å². The molecule has 4 heteroatoms. The molecule has 1 aromatic rings. The summed E-state index contributed by atoms with van der Waals surface area (Å²) in [5.41, 5.74) is 2.73. The van der Waals surface area contributed by atoms with Crippen molar-refractivity contribution in [2.45, 2.75) is 30.0 Å². The Morgan fingerprint density at radius 1 is 1.41 bits per heavy atom. The third-order valence-corrected chi connectivity index (χ3v) is 6.42. The highest BCUT2D eigenvalue weighted by molar-refractivity contribution is 8.02. The summed E-state index contributed by atoms with van der Waals surface area (Å²) in [6, 6.07) is 6.29. The fourth-order valence-electron chi connectivity index (χ4n) is 2.40. The predicted octanol–water partition coefficient (Wildman–Crippen LogP) is 3.99. The summed E-state index contributed by atoms with van der Waals surface area (Å²) in [4.78, 5) is 0.159. The van der Waals surface area contributed by atoms with Crippen molar-refractivity contribution in [3.63, 3.8) is 0 Å². The average molecular weight is 286 g/mol. The van der Waals surface area contributed by atoms with Crippen LogP contribution in [0.5, 0.6) is 0 Å². The molecule has 0 saturated carbocycles. The van der Waals surface area contributed by atoms with Crippen LogP contribution in [0.3, 0.4) is 0 Å². The first-order valence-electron chi connectivity index (χ1n) is 5.99. The molecule has 1 nitrogen and oxygen atoms in total. The SMILES string of the molecule is Cc1cc(Cl)ccc1C1(NC2CCS2)CCS1. The third-order valence-electron chi connectivity index (χ3n) is 3.52. The monoisotopic (exact) mass is 285 g/mol. The van der Waals surface area contributed by atoms with Crippen molar-refractivity contribution in [1.82, 2.24) is 5.32 Å². The van der Waals surface area contributed by atoms with E-state index in [1.807, 2.05) is 29.6 Å². The molecule has 2 fully saturated rings. The summed E-state index contributed by atoms with van der Waals surface area (Å²) in [5.74, 6) is 2.56. The fourth-order valence-corrected chi connectivity index (χ4v) is 4.68. The van der Waals surface area contributed by atoms with Gasteiger partial charge in [-0.3, -0.25) is 5.32 Å². The minimum Gasteiger partial charge on any atom is -0.287 e. The molecular formula is C13H16ClNS2. The average Bonchev–Trinajstić information content (AvgIpc) is 2.16. The van der Waals surface area contributed by atoms with E-state index < -0.39 is 0 Å². The van der Waals surface area contributed by atoms with Gasteiger partial charge in [0.15, 0.2) is 0 Å². The van der Waals surface area contributed by atoms with Gasteiger partial charge in [-0.1, -0.05) is 17.7 Å². The number of rotatable bonds is 3. The molecule has 2 unspecified atom stereocenters. The Bertz CT molecular complexity index is 427. The van der Waals surface area contributed by atoms with Crippen molar-refractivity contribution >= 4 is 35.1 Å². The van der Waals surface area contributed by atoms with E-state index in [4.69, 9.17) is 11.6 Å². The molecule has 2 aliphatic heterocycles. The second kappa shape index (κ2) is 4.69. The van der Waals surface area contributed by atoms with Crippen LogP contribution in [0.15, 0.2) is 18.2 Å². The first-order valence-corrected chi connectivity index (χ1v) is 8.41. The number of hydrogen-bond donors (Lipinski definition) is 1. The van der Waals surface area contributed by atoms with Gasteiger partial charge in [0.25, 0.3) is 0 Å². The number of aryl methyl sites for hydroxylation is 1. The van der Waals surface area contributed by atoms with Crippen LogP contribution in [0.2, 0.25) is 5.02 Å². The van der Waals surface area contributed by atoms with Gasteiger partial charge >= 0.3 is 0 Å². The third kappa shape index (κ3) is 2.23. The number of thioether (sulfide) groups is 2. The maximum Gasteiger partial charge on any atom is 0.0920 e. The Morgan fingerprint density at radius 3 is 2.65 bits per heavy atom. The lowest BCUT2D eigenvalue weighted by Gasteiger charge is -2.47. The number of halogens is 1. The van der Waals surface area contributed by atoms with Crippen LogP contribution in [0.25, 0.3) is 0 Å². The van der Waals surface area contributed by atoms with Crippen LogP contribution in [0.4, 0.5) is 0 Å². The maximum absolute atomic E-state index is 6.04. The van der Waals surface area contributed by atoms with Gasteiger partial charge in [0, 0.05) is 5.02 Å². The van der Waals surface area contributed by atoms with E-state index in [0.717, 1.165) is 5.02 Å². The zero-order valence-corrected chi connectivity index (χ0v) is 12.2. The Balaban J connectivity index is 1.87. The van der Waals surface area contributed by atoms with Gasteiger partial charge in [0.05, 0.1) is 10.2 Å². The Kier molecular flexibility index (Phi) is 3.37. The maximum atomic E-state index is 6.04. The summed E-state index contributed by atoms with van der Waals surface area (Å²) in [6.45, 7) is 2.16. The number of benzene rings is 1. The largest absolute Gasteiger partial charge is 0.287 e. The van der Waals surface area contributed by atoms with E-state index in [2.05, 4.69) is 24.4 Å². The molecular weight excluding hydrogens is 270 g/mol. The van der Waals surface area contributed by atoms with Crippen molar-refractivity contribution < 1.29 is 0 Å². The number of hydrogen-bond acceptors (Lipinski definition) is 3. The molecule has 0 amide bonds. The van der Waals surface area contributed by atoms with E-state index in [9.17, 15) is 0 Å². The Hall–Kier alpha value is 0.170. The van der Waals surface area contributed by atoms with Gasteiger partial charge in [-0.15, -0.1) is 23.5 Å². The molecule has 1 aromatic carbocycles. The van der Waals surface area contributed by atoms with Gasteiger partial charge in [0.2, 0.25) is 0 Å². The lowest BCUT2D eigenvalue weighted by Crippen LogP contribution is -2.52. The van der Waals surface area contributed by atoms with Gasteiger partial charge in [0.1, 0.15) is 0 Å². The van der Waals surface area contributed by atoms with Crippen molar-refractivity contribution in [3.05, 3.63) is 34.3 Å². The topological polar surface area (TPSA) is 12.0 Å². The number of nitrogens with one attached hydrogen (secondary N) is 1. The van der Waals surface area contributed by atoms with Crippen LogP contribution in [0.1, 0.15) is 24.0 Å². The Morgan fingerprint density at radius 2 is 2.18 bits per heavy atom. The van der Waals surface area contributed by atoms with E-state index in [0.29, 0.717) is 5.37 Å². The van der Waals surface area contributed by atoms with Gasteiger partial charge in [-0.05, 0) is 54.5 Å².